The standard InChI is InChI=1S/C19H20N4O3/c1-24-14-6-4-13(5-7-14)21-19-20-11-10-18(23-19)22-16-12-15(25-2)8-9-17(16)26-3/h4-12H,1-3H3,(H2,20,21,22,23). The third kappa shape index (κ3) is 4.13. The first-order valence-electron chi connectivity index (χ1n) is 7.95. The van der Waals surface area contributed by atoms with E-state index >= 15 is 0 Å². The molecule has 0 atom stereocenters. The summed E-state index contributed by atoms with van der Waals surface area (Å²) in [5, 5.41) is 6.39. The number of hydrogen-bond acceptors (Lipinski definition) is 7. The number of ether oxygens (including phenoxy) is 3. The molecule has 0 aliphatic carbocycles. The van der Waals surface area contributed by atoms with E-state index in [0.717, 1.165) is 22.9 Å². The summed E-state index contributed by atoms with van der Waals surface area (Å²) in [6.07, 6.45) is 1.67. The van der Waals surface area contributed by atoms with E-state index in [4.69, 9.17) is 14.2 Å². The van der Waals surface area contributed by atoms with Crippen molar-refractivity contribution < 1.29 is 14.2 Å². The maximum absolute atomic E-state index is 5.38. The van der Waals surface area contributed by atoms with Crippen LogP contribution in [-0.4, -0.2) is 31.3 Å². The lowest BCUT2D eigenvalue weighted by Gasteiger charge is -2.13. The Kier molecular flexibility index (Phi) is 5.38. The highest BCUT2D eigenvalue weighted by Gasteiger charge is 2.07. The van der Waals surface area contributed by atoms with Gasteiger partial charge >= 0.3 is 0 Å². The molecule has 7 nitrogen and oxygen atoms in total. The predicted octanol–water partition coefficient (Wildman–Crippen LogP) is 3.99. The Bertz CT molecular complexity index is 869. The zero-order valence-corrected chi connectivity index (χ0v) is 14.8. The van der Waals surface area contributed by atoms with Crippen molar-refractivity contribution in [3.8, 4) is 17.2 Å². The van der Waals surface area contributed by atoms with Crippen LogP contribution in [0.25, 0.3) is 0 Å². The summed E-state index contributed by atoms with van der Waals surface area (Å²) in [4.78, 5) is 8.72. The van der Waals surface area contributed by atoms with Crippen molar-refractivity contribution in [2.24, 2.45) is 0 Å². The van der Waals surface area contributed by atoms with Gasteiger partial charge in [0.25, 0.3) is 0 Å². The smallest absolute Gasteiger partial charge is 0.229 e. The van der Waals surface area contributed by atoms with Gasteiger partial charge in [-0.25, -0.2) is 4.98 Å². The summed E-state index contributed by atoms with van der Waals surface area (Å²) < 4.78 is 15.8. The maximum atomic E-state index is 5.38. The molecule has 0 saturated heterocycles. The summed E-state index contributed by atoms with van der Waals surface area (Å²) in [5.74, 6) is 3.30. The molecule has 0 saturated carbocycles. The highest BCUT2D eigenvalue weighted by Crippen LogP contribution is 2.31. The average molecular weight is 352 g/mol. The minimum absolute atomic E-state index is 0.474. The fraction of sp³-hybridized carbons (Fsp3) is 0.158. The van der Waals surface area contributed by atoms with Crippen LogP contribution in [0, 0.1) is 0 Å². The lowest BCUT2D eigenvalue weighted by molar-refractivity contribution is 0.405. The lowest BCUT2D eigenvalue weighted by Crippen LogP contribution is -2.01. The number of nitrogens with one attached hydrogen (secondary N) is 2. The van der Waals surface area contributed by atoms with Crippen molar-refractivity contribution in [2.75, 3.05) is 32.0 Å². The Morgan fingerprint density at radius 1 is 0.769 bits per heavy atom. The van der Waals surface area contributed by atoms with E-state index in [1.165, 1.54) is 0 Å². The van der Waals surface area contributed by atoms with Crippen LogP contribution >= 0.6 is 0 Å². The molecule has 0 unspecified atom stereocenters. The third-order valence-electron chi connectivity index (χ3n) is 3.67. The molecule has 2 N–H and O–H groups in total. The molecule has 0 spiro atoms. The van der Waals surface area contributed by atoms with Crippen LogP contribution < -0.4 is 24.8 Å². The Morgan fingerprint density at radius 3 is 2.19 bits per heavy atom. The van der Waals surface area contributed by atoms with Crippen molar-refractivity contribution in [3.63, 3.8) is 0 Å². The van der Waals surface area contributed by atoms with Gasteiger partial charge in [0.15, 0.2) is 0 Å². The number of anilines is 4. The molecule has 0 radical (unpaired) electrons. The molecule has 1 heterocycles. The van der Waals surface area contributed by atoms with Crippen molar-refractivity contribution in [3.05, 3.63) is 54.7 Å². The minimum Gasteiger partial charge on any atom is -0.497 e. The highest BCUT2D eigenvalue weighted by atomic mass is 16.5. The highest BCUT2D eigenvalue weighted by molar-refractivity contribution is 5.67. The second kappa shape index (κ2) is 8.06. The number of nitrogens with zero attached hydrogens (tertiary/aromatic N) is 2. The molecule has 3 rings (SSSR count). The molecule has 1 aromatic heterocycles. The van der Waals surface area contributed by atoms with Gasteiger partial charge in [-0.2, -0.15) is 4.98 Å². The Balaban J connectivity index is 1.79. The van der Waals surface area contributed by atoms with E-state index in [1.807, 2.05) is 42.5 Å². The molecule has 0 bridgehead atoms. The first kappa shape index (κ1) is 17.3. The van der Waals surface area contributed by atoms with Crippen LogP contribution in [0.1, 0.15) is 0 Å². The third-order valence-corrected chi connectivity index (χ3v) is 3.67. The zero-order valence-electron chi connectivity index (χ0n) is 14.8. The molecule has 0 aliphatic heterocycles. The molecule has 7 heteroatoms. The van der Waals surface area contributed by atoms with Crippen LogP contribution in [-0.2, 0) is 0 Å². The number of hydrogen-bond donors (Lipinski definition) is 2. The van der Waals surface area contributed by atoms with Crippen molar-refractivity contribution in [1.29, 1.82) is 0 Å². The Hall–Kier alpha value is -3.48. The topological polar surface area (TPSA) is 77.5 Å². The summed E-state index contributed by atoms with van der Waals surface area (Å²) in [6, 6.07) is 14.8. The second-order valence-electron chi connectivity index (χ2n) is 5.31. The summed E-state index contributed by atoms with van der Waals surface area (Å²) in [5.41, 5.74) is 1.61. The molecule has 3 aromatic rings. The van der Waals surface area contributed by atoms with E-state index in [0.29, 0.717) is 17.5 Å². The van der Waals surface area contributed by atoms with Crippen LogP contribution in [0.5, 0.6) is 17.2 Å². The van der Waals surface area contributed by atoms with Crippen molar-refractivity contribution >= 4 is 23.1 Å². The molecular formula is C19H20N4O3. The van der Waals surface area contributed by atoms with E-state index in [9.17, 15) is 0 Å². The number of rotatable bonds is 7. The van der Waals surface area contributed by atoms with E-state index in [-0.39, 0.29) is 0 Å². The SMILES string of the molecule is COc1ccc(Nc2nccc(Nc3cc(OC)ccc3OC)n2)cc1. The van der Waals surface area contributed by atoms with Gasteiger partial charge in [0.1, 0.15) is 23.1 Å². The minimum atomic E-state index is 0.474. The van der Waals surface area contributed by atoms with Crippen LogP contribution in [0.15, 0.2) is 54.7 Å². The van der Waals surface area contributed by atoms with Gasteiger partial charge in [0.2, 0.25) is 5.95 Å². The molecule has 0 amide bonds. The predicted molar refractivity (Wildman–Crippen MR) is 101 cm³/mol. The van der Waals surface area contributed by atoms with Crippen LogP contribution in [0.4, 0.5) is 23.1 Å². The number of benzene rings is 2. The first-order valence-corrected chi connectivity index (χ1v) is 7.95. The summed E-state index contributed by atoms with van der Waals surface area (Å²) in [6.45, 7) is 0. The van der Waals surface area contributed by atoms with Gasteiger partial charge in [-0.15, -0.1) is 0 Å². The van der Waals surface area contributed by atoms with Crippen LogP contribution in [0.3, 0.4) is 0 Å². The van der Waals surface area contributed by atoms with Crippen LogP contribution in [0.2, 0.25) is 0 Å². The van der Waals surface area contributed by atoms with Crippen molar-refractivity contribution in [1.82, 2.24) is 9.97 Å². The monoisotopic (exact) mass is 352 g/mol. The van der Waals surface area contributed by atoms with Gasteiger partial charge in [-0.1, -0.05) is 0 Å². The van der Waals surface area contributed by atoms with E-state index in [1.54, 1.807) is 33.6 Å². The normalized spacial score (nSPS) is 10.1. The van der Waals surface area contributed by atoms with Crippen molar-refractivity contribution in [2.45, 2.75) is 0 Å². The first-order chi connectivity index (χ1) is 12.7. The second-order valence-corrected chi connectivity index (χ2v) is 5.31. The Labute approximate surface area is 152 Å². The summed E-state index contributed by atoms with van der Waals surface area (Å²) >= 11 is 0. The largest absolute Gasteiger partial charge is 0.497 e. The van der Waals surface area contributed by atoms with Gasteiger partial charge in [-0.05, 0) is 42.5 Å². The number of methoxy groups -OCH3 is 3. The summed E-state index contributed by atoms with van der Waals surface area (Å²) in [7, 11) is 4.87. The molecule has 2 aromatic carbocycles. The lowest BCUT2D eigenvalue weighted by atomic mass is 10.2. The van der Waals surface area contributed by atoms with Gasteiger partial charge in [0, 0.05) is 18.0 Å². The van der Waals surface area contributed by atoms with E-state index in [2.05, 4.69) is 20.6 Å². The van der Waals surface area contributed by atoms with Gasteiger partial charge in [-0.3, -0.25) is 0 Å². The fourth-order valence-corrected chi connectivity index (χ4v) is 2.34. The van der Waals surface area contributed by atoms with Gasteiger partial charge < -0.3 is 24.8 Å². The molecule has 0 aliphatic rings. The quantitative estimate of drug-likeness (QED) is 0.666. The zero-order chi connectivity index (χ0) is 18.4. The Morgan fingerprint density at radius 2 is 1.50 bits per heavy atom. The molecule has 134 valence electrons. The van der Waals surface area contributed by atoms with Gasteiger partial charge in [0.05, 0.1) is 27.0 Å². The number of aromatic nitrogens is 2. The molecular weight excluding hydrogens is 332 g/mol. The average Bonchev–Trinajstić information content (AvgIpc) is 2.69. The molecule has 26 heavy (non-hydrogen) atoms. The molecule has 0 fully saturated rings. The maximum Gasteiger partial charge on any atom is 0.229 e. The van der Waals surface area contributed by atoms with E-state index < -0.39 is 0 Å². The fourth-order valence-electron chi connectivity index (χ4n) is 2.34.